The standard InChI is InChI=1S/C13H20N2OS/c1-16-12-8-10(14)5-6-13(12)17-9-11-4-2-3-7-15-11/h5-6,8,11,15H,2-4,7,9,14H2,1H3. The fraction of sp³-hybridized carbons (Fsp3) is 0.538. The molecule has 0 amide bonds. The number of thioether (sulfide) groups is 1. The smallest absolute Gasteiger partial charge is 0.134 e. The van der Waals surface area contributed by atoms with Crippen molar-refractivity contribution in [3.05, 3.63) is 18.2 Å². The van der Waals surface area contributed by atoms with Gasteiger partial charge in [0, 0.05) is 28.4 Å². The largest absolute Gasteiger partial charge is 0.496 e. The molecular formula is C13H20N2OS. The predicted octanol–water partition coefficient (Wildman–Crippen LogP) is 2.51. The Morgan fingerprint density at radius 2 is 2.35 bits per heavy atom. The summed E-state index contributed by atoms with van der Waals surface area (Å²) < 4.78 is 5.34. The number of ether oxygens (including phenoxy) is 1. The molecule has 3 N–H and O–H groups in total. The average Bonchev–Trinajstić information content (AvgIpc) is 2.38. The van der Waals surface area contributed by atoms with Crippen LogP contribution in [0.4, 0.5) is 5.69 Å². The fourth-order valence-corrected chi connectivity index (χ4v) is 3.17. The Hall–Kier alpha value is -0.870. The predicted molar refractivity (Wildman–Crippen MR) is 73.8 cm³/mol. The third-order valence-electron chi connectivity index (χ3n) is 3.04. The molecule has 1 aliphatic rings. The molecule has 3 nitrogen and oxygen atoms in total. The number of benzene rings is 1. The first-order valence-electron chi connectivity index (χ1n) is 6.09. The van der Waals surface area contributed by atoms with Crippen LogP contribution in [0.15, 0.2) is 23.1 Å². The van der Waals surface area contributed by atoms with E-state index in [1.54, 1.807) is 7.11 Å². The van der Waals surface area contributed by atoms with Gasteiger partial charge in [-0.25, -0.2) is 0 Å². The molecule has 1 fully saturated rings. The molecule has 0 saturated carbocycles. The number of nitrogens with one attached hydrogen (secondary N) is 1. The maximum atomic E-state index is 5.74. The first kappa shape index (κ1) is 12.6. The van der Waals surface area contributed by atoms with Crippen molar-refractivity contribution >= 4 is 17.4 Å². The second-order valence-electron chi connectivity index (χ2n) is 4.37. The highest BCUT2D eigenvalue weighted by Gasteiger charge is 2.13. The normalized spacial score (nSPS) is 20.2. The minimum absolute atomic E-state index is 0.635. The number of hydrogen-bond acceptors (Lipinski definition) is 4. The van der Waals surface area contributed by atoms with Crippen LogP contribution in [0.3, 0.4) is 0 Å². The zero-order valence-electron chi connectivity index (χ0n) is 10.2. The molecule has 1 aromatic carbocycles. The van der Waals surface area contributed by atoms with Gasteiger partial charge in [0.1, 0.15) is 5.75 Å². The summed E-state index contributed by atoms with van der Waals surface area (Å²) in [5.41, 5.74) is 6.49. The van der Waals surface area contributed by atoms with Crippen molar-refractivity contribution in [3.8, 4) is 5.75 Å². The lowest BCUT2D eigenvalue weighted by atomic mass is 10.1. The van der Waals surface area contributed by atoms with E-state index in [0.29, 0.717) is 6.04 Å². The third kappa shape index (κ3) is 3.54. The highest BCUT2D eigenvalue weighted by Crippen LogP contribution is 2.32. The van der Waals surface area contributed by atoms with E-state index in [-0.39, 0.29) is 0 Å². The van der Waals surface area contributed by atoms with Crippen LogP contribution in [-0.2, 0) is 0 Å². The Morgan fingerprint density at radius 3 is 3.06 bits per heavy atom. The number of anilines is 1. The van der Waals surface area contributed by atoms with Gasteiger partial charge in [-0.05, 0) is 31.5 Å². The minimum Gasteiger partial charge on any atom is -0.496 e. The van der Waals surface area contributed by atoms with Gasteiger partial charge in [0.15, 0.2) is 0 Å². The van der Waals surface area contributed by atoms with E-state index in [4.69, 9.17) is 10.5 Å². The van der Waals surface area contributed by atoms with E-state index < -0.39 is 0 Å². The number of nitrogen functional groups attached to an aromatic ring is 1. The van der Waals surface area contributed by atoms with E-state index in [2.05, 4.69) is 5.32 Å². The van der Waals surface area contributed by atoms with Crippen molar-refractivity contribution in [2.45, 2.75) is 30.2 Å². The van der Waals surface area contributed by atoms with E-state index in [0.717, 1.165) is 23.7 Å². The van der Waals surface area contributed by atoms with Crippen LogP contribution >= 0.6 is 11.8 Å². The van der Waals surface area contributed by atoms with Crippen LogP contribution in [0.5, 0.6) is 5.75 Å². The van der Waals surface area contributed by atoms with Gasteiger partial charge in [-0.15, -0.1) is 11.8 Å². The second-order valence-corrected chi connectivity index (χ2v) is 5.43. The summed E-state index contributed by atoms with van der Waals surface area (Å²) in [5.74, 6) is 1.98. The highest BCUT2D eigenvalue weighted by atomic mass is 32.2. The molecule has 0 radical (unpaired) electrons. The van der Waals surface area contributed by atoms with Crippen molar-refractivity contribution < 1.29 is 4.74 Å². The van der Waals surface area contributed by atoms with E-state index in [1.165, 1.54) is 24.2 Å². The first-order valence-corrected chi connectivity index (χ1v) is 7.08. The molecule has 1 unspecified atom stereocenters. The van der Waals surface area contributed by atoms with Gasteiger partial charge in [-0.3, -0.25) is 0 Å². The van der Waals surface area contributed by atoms with E-state index in [9.17, 15) is 0 Å². The van der Waals surface area contributed by atoms with Gasteiger partial charge < -0.3 is 15.8 Å². The van der Waals surface area contributed by atoms with Gasteiger partial charge in [0.05, 0.1) is 7.11 Å². The number of hydrogen-bond donors (Lipinski definition) is 2. The van der Waals surface area contributed by atoms with Gasteiger partial charge in [-0.2, -0.15) is 0 Å². The lowest BCUT2D eigenvalue weighted by molar-refractivity contribution is 0.404. The van der Waals surface area contributed by atoms with Crippen molar-refractivity contribution in [1.29, 1.82) is 0 Å². The maximum absolute atomic E-state index is 5.74. The molecule has 2 rings (SSSR count). The quantitative estimate of drug-likeness (QED) is 0.638. The molecule has 0 aromatic heterocycles. The van der Waals surface area contributed by atoms with E-state index >= 15 is 0 Å². The zero-order valence-corrected chi connectivity index (χ0v) is 11.1. The van der Waals surface area contributed by atoms with Crippen molar-refractivity contribution in [2.75, 3.05) is 25.1 Å². The van der Waals surface area contributed by atoms with Crippen LogP contribution in [0, 0.1) is 0 Å². The summed E-state index contributed by atoms with van der Waals surface area (Å²) in [6, 6.07) is 6.49. The molecule has 1 heterocycles. The Kier molecular flexibility index (Phi) is 4.57. The van der Waals surface area contributed by atoms with Crippen molar-refractivity contribution in [3.63, 3.8) is 0 Å². The minimum atomic E-state index is 0.635. The van der Waals surface area contributed by atoms with Gasteiger partial charge in [0.2, 0.25) is 0 Å². The van der Waals surface area contributed by atoms with Crippen LogP contribution < -0.4 is 15.8 Å². The fourth-order valence-electron chi connectivity index (χ4n) is 2.06. The monoisotopic (exact) mass is 252 g/mol. The summed E-state index contributed by atoms with van der Waals surface area (Å²) in [4.78, 5) is 1.18. The Labute approximate surface area is 107 Å². The number of piperidine rings is 1. The highest BCUT2D eigenvalue weighted by molar-refractivity contribution is 7.99. The molecule has 1 aromatic rings. The lowest BCUT2D eigenvalue weighted by Gasteiger charge is -2.23. The molecule has 1 aliphatic heterocycles. The zero-order chi connectivity index (χ0) is 12.1. The molecule has 1 atom stereocenters. The van der Waals surface area contributed by atoms with E-state index in [1.807, 2.05) is 30.0 Å². The van der Waals surface area contributed by atoms with Gasteiger partial charge in [0.25, 0.3) is 0 Å². The molecule has 94 valence electrons. The second kappa shape index (κ2) is 6.17. The topological polar surface area (TPSA) is 47.3 Å². The summed E-state index contributed by atoms with van der Waals surface area (Å²) in [6.07, 6.45) is 3.94. The molecule has 17 heavy (non-hydrogen) atoms. The van der Waals surface area contributed by atoms with Crippen LogP contribution in [0.25, 0.3) is 0 Å². The maximum Gasteiger partial charge on any atom is 0.134 e. The molecule has 0 bridgehead atoms. The van der Waals surface area contributed by atoms with Gasteiger partial charge in [-0.1, -0.05) is 6.42 Å². The SMILES string of the molecule is COc1cc(N)ccc1SCC1CCCCN1. The number of rotatable bonds is 4. The van der Waals surface area contributed by atoms with Crippen LogP contribution in [0.2, 0.25) is 0 Å². The summed E-state index contributed by atoms with van der Waals surface area (Å²) in [7, 11) is 1.69. The number of nitrogens with two attached hydrogens (primary N) is 1. The van der Waals surface area contributed by atoms with Crippen molar-refractivity contribution in [2.24, 2.45) is 0 Å². The van der Waals surface area contributed by atoms with Gasteiger partial charge >= 0.3 is 0 Å². The summed E-state index contributed by atoms with van der Waals surface area (Å²) in [5, 5.41) is 3.55. The lowest BCUT2D eigenvalue weighted by Crippen LogP contribution is -2.35. The van der Waals surface area contributed by atoms with Crippen LogP contribution in [-0.4, -0.2) is 25.4 Å². The molecular weight excluding hydrogens is 232 g/mol. The molecule has 4 heteroatoms. The first-order chi connectivity index (χ1) is 8.29. The third-order valence-corrected chi connectivity index (χ3v) is 4.26. The molecule has 0 spiro atoms. The number of methoxy groups -OCH3 is 1. The Bertz CT molecular complexity index is 364. The van der Waals surface area contributed by atoms with Crippen molar-refractivity contribution in [1.82, 2.24) is 5.32 Å². The Balaban J connectivity index is 1.93. The molecule has 1 saturated heterocycles. The Morgan fingerprint density at radius 1 is 1.47 bits per heavy atom. The van der Waals surface area contributed by atoms with Crippen LogP contribution in [0.1, 0.15) is 19.3 Å². The summed E-state index contributed by atoms with van der Waals surface area (Å²) in [6.45, 7) is 1.16. The summed E-state index contributed by atoms with van der Waals surface area (Å²) >= 11 is 1.84. The molecule has 0 aliphatic carbocycles. The average molecular weight is 252 g/mol.